The maximum atomic E-state index is 12.6. The van der Waals surface area contributed by atoms with E-state index >= 15 is 0 Å². The standard InChI is InChI=1S/C20H28N4O/c1-15-11-16(2)24(22-15)17(3)12-20(25)23-9-6-18(7-10-23)13-19-5-4-8-21-14-19/h4-5,8,11,14,17-18H,6-7,9-10,12-13H2,1-3H3. The first-order chi connectivity index (χ1) is 12.0. The van der Waals surface area contributed by atoms with Crippen LogP contribution in [0.2, 0.25) is 0 Å². The van der Waals surface area contributed by atoms with Crippen LogP contribution in [-0.4, -0.2) is 38.7 Å². The highest BCUT2D eigenvalue weighted by molar-refractivity contribution is 5.76. The molecule has 1 aliphatic heterocycles. The minimum Gasteiger partial charge on any atom is -0.343 e. The predicted octanol–water partition coefficient (Wildman–Crippen LogP) is 3.33. The molecule has 0 saturated carbocycles. The zero-order valence-electron chi connectivity index (χ0n) is 15.5. The number of rotatable bonds is 5. The van der Waals surface area contributed by atoms with Crippen molar-refractivity contribution in [3.8, 4) is 0 Å². The average molecular weight is 340 g/mol. The summed E-state index contributed by atoms with van der Waals surface area (Å²) in [6.45, 7) is 7.85. The zero-order valence-corrected chi connectivity index (χ0v) is 15.5. The van der Waals surface area contributed by atoms with Gasteiger partial charge in [0.05, 0.1) is 11.7 Å². The Kier molecular flexibility index (Phi) is 5.51. The number of aromatic nitrogens is 3. The molecule has 3 heterocycles. The van der Waals surface area contributed by atoms with Crippen LogP contribution in [0, 0.1) is 19.8 Å². The van der Waals surface area contributed by atoms with Crippen molar-refractivity contribution >= 4 is 5.91 Å². The normalized spacial score (nSPS) is 16.8. The SMILES string of the molecule is Cc1cc(C)n(C(C)CC(=O)N2CCC(Cc3cccnc3)CC2)n1. The number of aryl methyl sites for hydroxylation is 2. The molecule has 0 aromatic carbocycles. The van der Waals surface area contributed by atoms with Gasteiger partial charge in [0.15, 0.2) is 0 Å². The van der Waals surface area contributed by atoms with Crippen LogP contribution in [0.15, 0.2) is 30.6 Å². The van der Waals surface area contributed by atoms with Crippen LogP contribution in [0.4, 0.5) is 0 Å². The summed E-state index contributed by atoms with van der Waals surface area (Å²) in [7, 11) is 0. The van der Waals surface area contributed by atoms with Crippen molar-refractivity contribution in [2.45, 2.75) is 52.5 Å². The molecule has 5 nitrogen and oxygen atoms in total. The van der Waals surface area contributed by atoms with Gasteiger partial charge in [0, 0.05) is 37.6 Å². The summed E-state index contributed by atoms with van der Waals surface area (Å²) in [5.74, 6) is 0.904. The highest BCUT2D eigenvalue weighted by atomic mass is 16.2. The van der Waals surface area contributed by atoms with Gasteiger partial charge in [-0.25, -0.2) is 0 Å². The maximum absolute atomic E-state index is 12.6. The van der Waals surface area contributed by atoms with Gasteiger partial charge in [0.2, 0.25) is 5.91 Å². The van der Waals surface area contributed by atoms with E-state index in [0.29, 0.717) is 12.3 Å². The van der Waals surface area contributed by atoms with E-state index in [0.717, 1.165) is 43.7 Å². The number of hydrogen-bond acceptors (Lipinski definition) is 3. The molecule has 1 unspecified atom stereocenters. The van der Waals surface area contributed by atoms with Crippen LogP contribution >= 0.6 is 0 Å². The van der Waals surface area contributed by atoms with Gasteiger partial charge in [-0.05, 0) is 63.6 Å². The van der Waals surface area contributed by atoms with Crippen LogP contribution in [0.5, 0.6) is 0 Å². The number of likely N-dealkylation sites (tertiary alicyclic amines) is 1. The van der Waals surface area contributed by atoms with E-state index in [1.807, 2.05) is 41.9 Å². The second-order valence-corrected chi connectivity index (χ2v) is 7.31. The van der Waals surface area contributed by atoms with Crippen molar-refractivity contribution in [2.75, 3.05) is 13.1 Å². The molecule has 1 atom stereocenters. The highest BCUT2D eigenvalue weighted by Crippen LogP contribution is 2.23. The molecule has 0 spiro atoms. The number of hydrogen-bond donors (Lipinski definition) is 0. The number of carbonyl (C=O) groups excluding carboxylic acids is 1. The van der Waals surface area contributed by atoms with Gasteiger partial charge in [-0.1, -0.05) is 6.07 Å². The lowest BCUT2D eigenvalue weighted by molar-refractivity contribution is -0.133. The van der Waals surface area contributed by atoms with Crippen molar-refractivity contribution < 1.29 is 4.79 Å². The molecule has 0 radical (unpaired) electrons. The molecule has 1 amide bonds. The Labute approximate surface area is 150 Å². The summed E-state index contributed by atoms with van der Waals surface area (Å²) in [4.78, 5) is 18.9. The lowest BCUT2D eigenvalue weighted by Crippen LogP contribution is -2.39. The molecule has 5 heteroatoms. The molecular weight excluding hydrogens is 312 g/mol. The Balaban J connectivity index is 1.49. The number of carbonyl (C=O) groups is 1. The first-order valence-electron chi connectivity index (χ1n) is 9.22. The Hall–Kier alpha value is -2.17. The fourth-order valence-corrected chi connectivity index (χ4v) is 3.80. The van der Waals surface area contributed by atoms with Gasteiger partial charge in [0.1, 0.15) is 0 Å². The Morgan fingerprint density at radius 3 is 2.68 bits per heavy atom. The van der Waals surface area contributed by atoms with Crippen LogP contribution in [0.1, 0.15) is 49.2 Å². The monoisotopic (exact) mass is 340 g/mol. The van der Waals surface area contributed by atoms with Crippen molar-refractivity contribution in [2.24, 2.45) is 5.92 Å². The minimum atomic E-state index is 0.106. The Morgan fingerprint density at radius 2 is 2.08 bits per heavy atom. The summed E-state index contributed by atoms with van der Waals surface area (Å²) in [6, 6.07) is 6.30. The van der Waals surface area contributed by atoms with E-state index in [1.165, 1.54) is 5.56 Å². The van der Waals surface area contributed by atoms with Gasteiger partial charge in [0.25, 0.3) is 0 Å². The second-order valence-electron chi connectivity index (χ2n) is 7.31. The van der Waals surface area contributed by atoms with E-state index in [-0.39, 0.29) is 11.9 Å². The van der Waals surface area contributed by atoms with Gasteiger partial charge in [-0.3, -0.25) is 14.5 Å². The van der Waals surface area contributed by atoms with E-state index in [2.05, 4.69) is 29.1 Å². The highest BCUT2D eigenvalue weighted by Gasteiger charge is 2.24. The molecule has 0 aliphatic carbocycles. The van der Waals surface area contributed by atoms with Crippen LogP contribution in [0.3, 0.4) is 0 Å². The van der Waals surface area contributed by atoms with Crippen LogP contribution in [0.25, 0.3) is 0 Å². The fraction of sp³-hybridized carbons (Fsp3) is 0.550. The van der Waals surface area contributed by atoms with Gasteiger partial charge in [-0.15, -0.1) is 0 Å². The van der Waals surface area contributed by atoms with Crippen molar-refractivity contribution in [3.05, 3.63) is 47.5 Å². The van der Waals surface area contributed by atoms with E-state index in [1.54, 1.807) is 0 Å². The number of pyridine rings is 1. The number of amides is 1. The summed E-state index contributed by atoms with van der Waals surface area (Å²) < 4.78 is 1.97. The molecule has 3 rings (SSSR count). The molecule has 0 N–H and O–H groups in total. The molecule has 1 saturated heterocycles. The quantitative estimate of drug-likeness (QED) is 0.839. The molecule has 1 aliphatic rings. The first kappa shape index (κ1) is 17.6. The average Bonchev–Trinajstić information content (AvgIpc) is 2.95. The second kappa shape index (κ2) is 7.81. The minimum absolute atomic E-state index is 0.106. The van der Waals surface area contributed by atoms with Crippen LogP contribution in [-0.2, 0) is 11.2 Å². The third-order valence-corrected chi connectivity index (χ3v) is 5.15. The third kappa shape index (κ3) is 4.47. The first-order valence-corrected chi connectivity index (χ1v) is 9.22. The largest absolute Gasteiger partial charge is 0.343 e. The van der Waals surface area contributed by atoms with Gasteiger partial charge >= 0.3 is 0 Å². The van der Waals surface area contributed by atoms with Crippen molar-refractivity contribution in [1.29, 1.82) is 0 Å². The number of piperidine rings is 1. The van der Waals surface area contributed by atoms with Gasteiger partial charge in [-0.2, -0.15) is 5.10 Å². The zero-order chi connectivity index (χ0) is 17.8. The number of nitrogens with zero attached hydrogens (tertiary/aromatic N) is 4. The van der Waals surface area contributed by atoms with Gasteiger partial charge < -0.3 is 4.90 Å². The molecule has 134 valence electrons. The van der Waals surface area contributed by atoms with Crippen LogP contribution < -0.4 is 0 Å². The lowest BCUT2D eigenvalue weighted by Gasteiger charge is -2.32. The molecular formula is C20H28N4O. The molecule has 25 heavy (non-hydrogen) atoms. The molecule has 0 bridgehead atoms. The van der Waals surface area contributed by atoms with Crippen molar-refractivity contribution in [3.63, 3.8) is 0 Å². The smallest absolute Gasteiger partial charge is 0.224 e. The van der Waals surface area contributed by atoms with E-state index in [4.69, 9.17) is 0 Å². The summed E-state index contributed by atoms with van der Waals surface area (Å²) in [5.41, 5.74) is 3.42. The Morgan fingerprint density at radius 1 is 1.32 bits per heavy atom. The lowest BCUT2D eigenvalue weighted by atomic mass is 9.90. The van der Waals surface area contributed by atoms with E-state index < -0.39 is 0 Å². The summed E-state index contributed by atoms with van der Waals surface area (Å²) in [5, 5.41) is 4.51. The van der Waals surface area contributed by atoms with E-state index in [9.17, 15) is 4.79 Å². The predicted molar refractivity (Wildman–Crippen MR) is 98.3 cm³/mol. The third-order valence-electron chi connectivity index (χ3n) is 5.15. The maximum Gasteiger partial charge on any atom is 0.224 e. The summed E-state index contributed by atoms with van der Waals surface area (Å²) >= 11 is 0. The Bertz CT molecular complexity index is 702. The topological polar surface area (TPSA) is 51.0 Å². The summed E-state index contributed by atoms with van der Waals surface area (Å²) in [6.07, 6.45) is 7.51. The fourth-order valence-electron chi connectivity index (χ4n) is 3.80. The molecule has 2 aromatic heterocycles. The molecule has 2 aromatic rings. The molecule has 1 fully saturated rings. The van der Waals surface area contributed by atoms with Crippen molar-refractivity contribution in [1.82, 2.24) is 19.7 Å².